The fourth-order valence-electron chi connectivity index (χ4n) is 2.19. The zero-order chi connectivity index (χ0) is 18.3. The van der Waals surface area contributed by atoms with Gasteiger partial charge in [0.2, 0.25) is 10.0 Å². The molecule has 0 fully saturated rings. The molecule has 0 aliphatic rings. The summed E-state index contributed by atoms with van der Waals surface area (Å²) in [7, 11) is -3.62. The fourth-order valence-corrected chi connectivity index (χ4v) is 3.21. The van der Waals surface area contributed by atoms with E-state index in [1.165, 1.54) is 12.1 Å². The number of pyridine rings is 1. The normalized spacial score (nSPS) is 11.1. The van der Waals surface area contributed by atoms with Gasteiger partial charge in [-0.1, -0.05) is 0 Å². The van der Waals surface area contributed by atoms with Crippen LogP contribution in [0.3, 0.4) is 0 Å². The van der Waals surface area contributed by atoms with Gasteiger partial charge in [0.05, 0.1) is 4.90 Å². The standard InChI is InChI=1S/C17H22N4O3S/c1-3-21(4-2)17(22)20-15-5-7-16(8-6-15)25(23,24)19-13-14-9-11-18-12-10-14/h5-12,19H,3-4,13H2,1-2H3,(H,20,22). The molecule has 0 aliphatic carbocycles. The predicted molar refractivity (Wildman–Crippen MR) is 96.6 cm³/mol. The van der Waals surface area contributed by atoms with Crippen LogP contribution in [0.1, 0.15) is 19.4 Å². The first-order valence-electron chi connectivity index (χ1n) is 8.00. The summed E-state index contributed by atoms with van der Waals surface area (Å²) in [6.45, 7) is 5.19. The van der Waals surface area contributed by atoms with Crippen LogP contribution in [0.15, 0.2) is 53.7 Å². The molecule has 0 unspecified atom stereocenters. The Morgan fingerprint density at radius 3 is 2.20 bits per heavy atom. The van der Waals surface area contributed by atoms with Crippen LogP contribution in [-0.4, -0.2) is 37.4 Å². The van der Waals surface area contributed by atoms with E-state index in [1.807, 2.05) is 13.8 Å². The van der Waals surface area contributed by atoms with Crippen LogP contribution in [0, 0.1) is 0 Å². The van der Waals surface area contributed by atoms with Crippen LogP contribution in [0.5, 0.6) is 0 Å². The number of sulfonamides is 1. The lowest BCUT2D eigenvalue weighted by Gasteiger charge is -2.19. The molecular formula is C17H22N4O3S. The first-order valence-corrected chi connectivity index (χ1v) is 9.49. The fraction of sp³-hybridized carbons (Fsp3) is 0.294. The Kier molecular flexibility index (Phi) is 6.49. The lowest BCUT2D eigenvalue weighted by atomic mass is 10.3. The molecule has 0 atom stereocenters. The van der Waals surface area contributed by atoms with Gasteiger partial charge in [0.25, 0.3) is 0 Å². The van der Waals surface area contributed by atoms with Gasteiger partial charge >= 0.3 is 6.03 Å². The number of anilines is 1. The third kappa shape index (κ3) is 5.27. The van der Waals surface area contributed by atoms with Gasteiger partial charge in [-0.05, 0) is 55.8 Å². The van der Waals surface area contributed by atoms with Crippen LogP contribution in [0.25, 0.3) is 0 Å². The van der Waals surface area contributed by atoms with Crippen molar-refractivity contribution in [2.75, 3.05) is 18.4 Å². The van der Waals surface area contributed by atoms with Gasteiger partial charge in [-0.2, -0.15) is 0 Å². The van der Waals surface area contributed by atoms with Crippen molar-refractivity contribution in [1.29, 1.82) is 0 Å². The Balaban J connectivity index is 2.01. The molecule has 25 heavy (non-hydrogen) atoms. The molecule has 1 aromatic carbocycles. The molecule has 1 aromatic heterocycles. The third-order valence-electron chi connectivity index (χ3n) is 3.68. The number of nitrogens with one attached hydrogen (secondary N) is 2. The van der Waals surface area contributed by atoms with E-state index in [-0.39, 0.29) is 17.5 Å². The number of carbonyl (C=O) groups is 1. The zero-order valence-corrected chi connectivity index (χ0v) is 15.1. The minimum Gasteiger partial charge on any atom is -0.325 e. The van der Waals surface area contributed by atoms with Gasteiger partial charge < -0.3 is 10.2 Å². The second-order valence-electron chi connectivity index (χ2n) is 5.31. The highest BCUT2D eigenvalue weighted by molar-refractivity contribution is 7.89. The van der Waals surface area contributed by atoms with Crippen molar-refractivity contribution in [3.05, 3.63) is 54.4 Å². The number of aromatic nitrogens is 1. The lowest BCUT2D eigenvalue weighted by molar-refractivity contribution is 0.217. The number of benzene rings is 1. The van der Waals surface area contributed by atoms with Crippen molar-refractivity contribution in [3.63, 3.8) is 0 Å². The molecule has 2 rings (SSSR count). The van der Waals surface area contributed by atoms with E-state index in [0.29, 0.717) is 18.8 Å². The largest absolute Gasteiger partial charge is 0.325 e. The molecule has 2 aromatic rings. The van der Waals surface area contributed by atoms with Crippen molar-refractivity contribution < 1.29 is 13.2 Å². The summed E-state index contributed by atoms with van der Waals surface area (Å²) in [5, 5.41) is 2.75. The van der Waals surface area contributed by atoms with Crippen molar-refractivity contribution in [3.8, 4) is 0 Å². The molecular weight excluding hydrogens is 340 g/mol. The quantitative estimate of drug-likeness (QED) is 0.791. The summed E-state index contributed by atoms with van der Waals surface area (Å²) in [6.07, 6.45) is 3.22. The number of amides is 2. The molecule has 134 valence electrons. The Morgan fingerprint density at radius 1 is 1.04 bits per heavy atom. The highest BCUT2D eigenvalue weighted by Gasteiger charge is 2.14. The number of hydrogen-bond donors (Lipinski definition) is 2. The van der Waals surface area contributed by atoms with Gasteiger partial charge in [0, 0.05) is 37.7 Å². The average Bonchev–Trinajstić information content (AvgIpc) is 2.62. The molecule has 0 spiro atoms. The SMILES string of the molecule is CCN(CC)C(=O)Nc1ccc(S(=O)(=O)NCc2ccncc2)cc1. The third-order valence-corrected chi connectivity index (χ3v) is 5.10. The van der Waals surface area contributed by atoms with Crippen LogP contribution >= 0.6 is 0 Å². The summed E-state index contributed by atoms with van der Waals surface area (Å²) in [5.41, 5.74) is 1.37. The molecule has 2 N–H and O–H groups in total. The minimum atomic E-state index is -3.62. The smallest absolute Gasteiger partial charge is 0.321 e. The molecule has 7 nitrogen and oxygen atoms in total. The number of carbonyl (C=O) groups excluding carboxylic acids is 1. The van der Waals surface area contributed by atoms with Gasteiger partial charge in [0.15, 0.2) is 0 Å². The summed E-state index contributed by atoms with van der Waals surface area (Å²) in [5.74, 6) is 0. The van der Waals surface area contributed by atoms with Gasteiger partial charge in [-0.3, -0.25) is 4.98 Å². The topological polar surface area (TPSA) is 91.4 Å². The van der Waals surface area contributed by atoms with Gasteiger partial charge in [-0.15, -0.1) is 0 Å². The van der Waals surface area contributed by atoms with Gasteiger partial charge in [-0.25, -0.2) is 17.9 Å². The van der Waals surface area contributed by atoms with Crippen molar-refractivity contribution in [1.82, 2.24) is 14.6 Å². The number of rotatable bonds is 7. The molecule has 0 saturated heterocycles. The first kappa shape index (κ1) is 18.9. The molecule has 0 bridgehead atoms. The zero-order valence-electron chi connectivity index (χ0n) is 14.3. The maximum absolute atomic E-state index is 12.3. The summed E-state index contributed by atoms with van der Waals surface area (Å²) >= 11 is 0. The summed E-state index contributed by atoms with van der Waals surface area (Å²) in [4.78, 5) is 17.7. The molecule has 0 radical (unpaired) electrons. The summed E-state index contributed by atoms with van der Waals surface area (Å²) < 4.78 is 27.2. The predicted octanol–water partition coefficient (Wildman–Crippen LogP) is 2.43. The van der Waals surface area contributed by atoms with E-state index >= 15 is 0 Å². The Labute approximate surface area is 148 Å². The number of hydrogen-bond acceptors (Lipinski definition) is 4. The van der Waals surface area contributed by atoms with E-state index in [1.54, 1.807) is 41.6 Å². The highest BCUT2D eigenvalue weighted by atomic mass is 32.2. The van der Waals surface area contributed by atoms with Crippen LogP contribution in [0.4, 0.5) is 10.5 Å². The molecule has 0 saturated carbocycles. The molecule has 8 heteroatoms. The van der Waals surface area contributed by atoms with E-state index < -0.39 is 10.0 Å². The molecule has 0 aliphatic heterocycles. The van der Waals surface area contributed by atoms with Gasteiger partial charge in [0.1, 0.15) is 0 Å². The lowest BCUT2D eigenvalue weighted by Crippen LogP contribution is -2.34. The van der Waals surface area contributed by atoms with Crippen molar-refractivity contribution in [2.45, 2.75) is 25.3 Å². The first-order chi connectivity index (χ1) is 12.0. The highest BCUT2D eigenvalue weighted by Crippen LogP contribution is 2.15. The van der Waals surface area contributed by atoms with E-state index in [9.17, 15) is 13.2 Å². The number of urea groups is 1. The molecule has 1 heterocycles. The Hall–Kier alpha value is -2.45. The minimum absolute atomic E-state index is 0.141. The van der Waals surface area contributed by atoms with Crippen LogP contribution in [-0.2, 0) is 16.6 Å². The Bertz CT molecular complexity index is 788. The summed E-state index contributed by atoms with van der Waals surface area (Å²) in [6, 6.07) is 9.35. The second-order valence-corrected chi connectivity index (χ2v) is 7.07. The number of nitrogens with zero attached hydrogens (tertiary/aromatic N) is 2. The van der Waals surface area contributed by atoms with Crippen LogP contribution < -0.4 is 10.0 Å². The maximum Gasteiger partial charge on any atom is 0.321 e. The van der Waals surface area contributed by atoms with E-state index in [4.69, 9.17) is 0 Å². The monoisotopic (exact) mass is 362 g/mol. The van der Waals surface area contributed by atoms with E-state index in [0.717, 1.165) is 5.56 Å². The molecule has 2 amide bonds. The van der Waals surface area contributed by atoms with Crippen molar-refractivity contribution >= 4 is 21.7 Å². The van der Waals surface area contributed by atoms with E-state index in [2.05, 4.69) is 15.0 Å². The van der Waals surface area contributed by atoms with Crippen molar-refractivity contribution in [2.24, 2.45) is 0 Å². The Morgan fingerprint density at radius 2 is 1.64 bits per heavy atom. The maximum atomic E-state index is 12.3. The average molecular weight is 362 g/mol. The second kappa shape index (κ2) is 8.59. The van der Waals surface area contributed by atoms with Crippen LogP contribution in [0.2, 0.25) is 0 Å².